The molecule has 0 N–H and O–H groups in total. The van der Waals surface area contributed by atoms with E-state index in [1.807, 2.05) is 37.3 Å². The Balaban J connectivity index is 1.83. The third kappa shape index (κ3) is 2.61. The monoisotopic (exact) mass is 287 g/mol. The summed E-state index contributed by atoms with van der Waals surface area (Å²) < 4.78 is 15.1. The lowest BCUT2D eigenvalue weighted by Crippen LogP contribution is -1.97. The minimum absolute atomic E-state index is 0.135. The first kappa shape index (κ1) is 13.0. The van der Waals surface area contributed by atoms with Gasteiger partial charge in [-0.15, -0.1) is 0 Å². The lowest BCUT2D eigenvalue weighted by molar-refractivity contribution is 0.113. The summed E-state index contributed by atoms with van der Waals surface area (Å²) in [6, 6.07) is 9.62. The van der Waals surface area contributed by atoms with Gasteiger partial charge >= 0.3 is 0 Å². The number of methoxy groups -OCH3 is 1. The standard InChI is InChI=1S/C14H13N3O2S/c1-9(18-2)13-16-14(20-17-13)19-11-5-6-12-10(8-11)4-3-7-15-12/h3-9H,1-2H3/t9-/m0/s1. The van der Waals surface area contributed by atoms with Gasteiger partial charge in [0.15, 0.2) is 5.82 Å². The molecule has 0 spiro atoms. The topological polar surface area (TPSA) is 57.1 Å². The Labute approximate surface area is 120 Å². The van der Waals surface area contributed by atoms with Crippen molar-refractivity contribution < 1.29 is 9.47 Å². The first-order valence-corrected chi connectivity index (χ1v) is 6.92. The maximum Gasteiger partial charge on any atom is 0.298 e. The Morgan fingerprint density at radius 2 is 2.15 bits per heavy atom. The fourth-order valence-corrected chi connectivity index (χ4v) is 2.38. The van der Waals surface area contributed by atoms with Crippen molar-refractivity contribution in [3.63, 3.8) is 0 Å². The van der Waals surface area contributed by atoms with Crippen LogP contribution in [-0.2, 0) is 4.74 Å². The van der Waals surface area contributed by atoms with Gasteiger partial charge in [-0.2, -0.15) is 9.36 Å². The maximum absolute atomic E-state index is 5.72. The predicted octanol–water partition coefficient (Wildman–Crippen LogP) is 3.59. The predicted molar refractivity (Wildman–Crippen MR) is 77.2 cm³/mol. The van der Waals surface area contributed by atoms with Gasteiger partial charge in [0, 0.05) is 30.2 Å². The summed E-state index contributed by atoms with van der Waals surface area (Å²) >= 11 is 1.21. The number of hydrogen-bond acceptors (Lipinski definition) is 6. The number of pyridine rings is 1. The fraction of sp³-hybridized carbons (Fsp3) is 0.214. The van der Waals surface area contributed by atoms with E-state index in [0.717, 1.165) is 16.7 Å². The summed E-state index contributed by atoms with van der Waals surface area (Å²) in [5.74, 6) is 1.35. The van der Waals surface area contributed by atoms with Crippen molar-refractivity contribution in [2.24, 2.45) is 0 Å². The molecule has 2 heterocycles. The number of ether oxygens (including phenoxy) is 2. The molecule has 102 valence electrons. The first-order valence-electron chi connectivity index (χ1n) is 6.15. The average molecular weight is 287 g/mol. The molecule has 0 aliphatic carbocycles. The molecule has 1 atom stereocenters. The van der Waals surface area contributed by atoms with Crippen molar-refractivity contribution in [2.75, 3.05) is 7.11 Å². The smallest absolute Gasteiger partial charge is 0.298 e. The molecule has 2 aromatic heterocycles. The second kappa shape index (κ2) is 5.52. The Kier molecular flexibility index (Phi) is 3.58. The largest absolute Gasteiger partial charge is 0.430 e. The van der Waals surface area contributed by atoms with E-state index in [2.05, 4.69) is 14.3 Å². The average Bonchev–Trinajstić information content (AvgIpc) is 2.95. The minimum Gasteiger partial charge on any atom is -0.430 e. The Bertz CT molecular complexity index is 729. The summed E-state index contributed by atoms with van der Waals surface area (Å²) in [4.78, 5) is 8.57. The van der Waals surface area contributed by atoms with Crippen LogP contribution in [0.25, 0.3) is 10.9 Å². The molecule has 6 heteroatoms. The van der Waals surface area contributed by atoms with Gasteiger partial charge in [-0.3, -0.25) is 4.98 Å². The van der Waals surface area contributed by atoms with Crippen molar-refractivity contribution in [2.45, 2.75) is 13.0 Å². The molecule has 20 heavy (non-hydrogen) atoms. The third-order valence-electron chi connectivity index (χ3n) is 2.92. The van der Waals surface area contributed by atoms with E-state index in [0.29, 0.717) is 11.0 Å². The molecule has 0 fully saturated rings. The molecule has 0 aliphatic rings. The van der Waals surface area contributed by atoms with Gasteiger partial charge in [-0.05, 0) is 31.2 Å². The van der Waals surface area contributed by atoms with E-state index < -0.39 is 0 Å². The highest BCUT2D eigenvalue weighted by Crippen LogP contribution is 2.27. The summed E-state index contributed by atoms with van der Waals surface area (Å²) in [5, 5.41) is 1.53. The van der Waals surface area contributed by atoms with Crippen molar-refractivity contribution in [3.8, 4) is 10.9 Å². The zero-order chi connectivity index (χ0) is 13.9. The zero-order valence-corrected chi connectivity index (χ0v) is 11.9. The SMILES string of the molecule is CO[C@@H](C)c1nsc(Oc2ccc3ncccc3c2)n1. The lowest BCUT2D eigenvalue weighted by atomic mass is 10.2. The van der Waals surface area contributed by atoms with Crippen LogP contribution < -0.4 is 4.74 Å². The molecule has 0 bridgehead atoms. The van der Waals surface area contributed by atoms with E-state index in [-0.39, 0.29) is 6.10 Å². The van der Waals surface area contributed by atoms with Gasteiger partial charge < -0.3 is 9.47 Å². The molecule has 0 radical (unpaired) electrons. The van der Waals surface area contributed by atoms with Crippen LogP contribution in [0, 0.1) is 0 Å². The Morgan fingerprint density at radius 3 is 3.00 bits per heavy atom. The third-order valence-corrected chi connectivity index (χ3v) is 3.53. The quantitative estimate of drug-likeness (QED) is 0.734. The molecular weight excluding hydrogens is 274 g/mol. The van der Waals surface area contributed by atoms with Crippen molar-refractivity contribution in [1.82, 2.24) is 14.3 Å². The maximum atomic E-state index is 5.72. The van der Waals surface area contributed by atoms with Crippen LogP contribution in [0.3, 0.4) is 0 Å². The second-order valence-electron chi connectivity index (χ2n) is 4.26. The second-order valence-corrected chi connectivity index (χ2v) is 4.97. The van der Waals surface area contributed by atoms with Crippen molar-refractivity contribution >= 4 is 22.4 Å². The van der Waals surface area contributed by atoms with Gasteiger partial charge in [-0.1, -0.05) is 6.07 Å². The van der Waals surface area contributed by atoms with Crippen molar-refractivity contribution in [3.05, 3.63) is 42.4 Å². The van der Waals surface area contributed by atoms with E-state index in [4.69, 9.17) is 9.47 Å². The molecule has 1 aromatic carbocycles. The van der Waals surface area contributed by atoms with Gasteiger partial charge in [0.1, 0.15) is 11.9 Å². The summed E-state index contributed by atoms with van der Waals surface area (Å²) in [5.41, 5.74) is 0.936. The molecule has 0 aliphatic heterocycles. The first-order chi connectivity index (χ1) is 9.76. The summed E-state index contributed by atoms with van der Waals surface area (Å²) in [6.07, 6.45) is 1.64. The fourth-order valence-electron chi connectivity index (χ4n) is 1.75. The minimum atomic E-state index is -0.135. The Hall–Kier alpha value is -2.05. The molecule has 5 nitrogen and oxygen atoms in total. The van der Waals surface area contributed by atoms with Crippen LogP contribution in [0.1, 0.15) is 18.9 Å². The normalized spacial score (nSPS) is 12.5. The van der Waals surface area contributed by atoms with Crippen LogP contribution in [0.15, 0.2) is 36.5 Å². The van der Waals surface area contributed by atoms with E-state index >= 15 is 0 Å². The molecular formula is C14H13N3O2S. The number of rotatable bonds is 4. The Morgan fingerprint density at radius 1 is 1.25 bits per heavy atom. The van der Waals surface area contributed by atoms with Crippen LogP contribution in [0.2, 0.25) is 0 Å². The van der Waals surface area contributed by atoms with Crippen LogP contribution in [-0.4, -0.2) is 21.5 Å². The number of aromatic nitrogens is 3. The highest BCUT2D eigenvalue weighted by molar-refractivity contribution is 7.07. The molecule has 3 aromatic rings. The van der Waals surface area contributed by atoms with Crippen LogP contribution in [0.4, 0.5) is 0 Å². The molecule has 0 amide bonds. The zero-order valence-electron chi connectivity index (χ0n) is 11.1. The number of nitrogens with zero attached hydrogens (tertiary/aromatic N) is 3. The van der Waals surface area contributed by atoms with E-state index in [1.54, 1.807) is 13.3 Å². The van der Waals surface area contributed by atoms with Gasteiger partial charge in [0.2, 0.25) is 0 Å². The number of hydrogen-bond donors (Lipinski definition) is 0. The highest BCUT2D eigenvalue weighted by atomic mass is 32.1. The highest BCUT2D eigenvalue weighted by Gasteiger charge is 2.12. The summed E-state index contributed by atoms with van der Waals surface area (Å²) in [6.45, 7) is 1.90. The lowest BCUT2D eigenvalue weighted by Gasteiger charge is -2.04. The van der Waals surface area contributed by atoms with Crippen molar-refractivity contribution in [1.29, 1.82) is 0 Å². The number of fused-ring (bicyclic) bond motifs is 1. The molecule has 3 rings (SSSR count). The molecule has 0 unspecified atom stereocenters. The van der Waals surface area contributed by atoms with Gasteiger partial charge in [-0.25, -0.2) is 0 Å². The van der Waals surface area contributed by atoms with E-state index in [1.165, 1.54) is 11.5 Å². The molecule has 0 saturated heterocycles. The van der Waals surface area contributed by atoms with Gasteiger partial charge in [0.05, 0.1) is 5.52 Å². The van der Waals surface area contributed by atoms with E-state index in [9.17, 15) is 0 Å². The van der Waals surface area contributed by atoms with Crippen LogP contribution in [0.5, 0.6) is 10.9 Å². The molecule has 0 saturated carbocycles. The van der Waals surface area contributed by atoms with Gasteiger partial charge in [0.25, 0.3) is 5.19 Å². The van der Waals surface area contributed by atoms with Crippen LogP contribution >= 0.6 is 11.5 Å². The summed E-state index contributed by atoms with van der Waals surface area (Å²) in [7, 11) is 1.63. The number of benzene rings is 1.